The lowest BCUT2D eigenvalue weighted by molar-refractivity contribution is -0.419. The van der Waals surface area contributed by atoms with Crippen LogP contribution in [-0.4, -0.2) is 23.9 Å². The number of rotatable bonds is 4. The largest absolute Gasteiger partial charge is 0.486 e. The summed E-state index contributed by atoms with van der Waals surface area (Å²) in [5.74, 6) is 0.414. The Hall–Kier alpha value is -2.11. The third-order valence-electron chi connectivity index (χ3n) is 2.54. The van der Waals surface area contributed by atoms with E-state index in [1.54, 1.807) is 13.0 Å². The molecule has 112 valence electrons. The molecule has 0 aromatic carbocycles. The molecule has 20 heavy (non-hydrogen) atoms. The topological polar surface area (TPSA) is 78.7 Å². The number of hydrogen-bond acceptors (Lipinski definition) is 5. The molecule has 0 aliphatic carbocycles. The van der Waals surface area contributed by atoms with Gasteiger partial charge in [0.1, 0.15) is 18.3 Å². The Morgan fingerprint density at radius 1 is 1.55 bits per heavy atom. The molecule has 0 spiro atoms. The molecule has 1 rings (SSSR count). The molecule has 0 bridgehead atoms. The van der Waals surface area contributed by atoms with Crippen LogP contribution >= 0.6 is 0 Å². The standard InChI is InChI=1S/C12H15NO5.C2H6/c1-4-9-7-17-11(5-2)12(18-9)10(6-14)8(3)13(15)16;1-2/h5-6,9H,3-4,7H2,1-2H3;1-2H3/b11-5+,12-10+;. The minimum absolute atomic E-state index is 0.0901. The highest BCUT2D eigenvalue weighted by atomic mass is 16.6. The van der Waals surface area contributed by atoms with Crippen LogP contribution in [0, 0.1) is 10.1 Å². The number of hydrogen-bond donors (Lipinski definition) is 0. The van der Waals surface area contributed by atoms with E-state index >= 15 is 0 Å². The van der Waals surface area contributed by atoms with Gasteiger partial charge >= 0.3 is 0 Å². The Balaban J connectivity index is 0.00000172. The Kier molecular flexibility index (Phi) is 7.96. The predicted octanol–water partition coefficient (Wildman–Crippen LogP) is 2.99. The van der Waals surface area contributed by atoms with Crippen LogP contribution in [-0.2, 0) is 14.3 Å². The first-order chi connectivity index (χ1) is 9.54. The maximum Gasteiger partial charge on any atom is 0.276 e. The van der Waals surface area contributed by atoms with E-state index in [-0.39, 0.29) is 17.4 Å². The molecule has 0 aromatic heterocycles. The van der Waals surface area contributed by atoms with Crippen LogP contribution in [0.15, 0.2) is 35.4 Å². The van der Waals surface area contributed by atoms with Crippen LogP contribution in [0.4, 0.5) is 0 Å². The number of ether oxygens (including phenoxy) is 2. The molecule has 1 heterocycles. The van der Waals surface area contributed by atoms with Gasteiger partial charge in [0.2, 0.25) is 0 Å². The minimum Gasteiger partial charge on any atom is -0.486 e. The molecule has 0 amide bonds. The van der Waals surface area contributed by atoms with Gasteiger partial charge < -0.3 is 9.47 Å². The smallest absolute Gasteiger partial charge is 0.276 e. The van der Waals surface area contributed by atoms with Crippen LogP contribution < -0.4 is 0 Å². The van der Waals surface area contributed by atoms with Gasteiger partial charge in [0.15, 0.2) is 17.8 Å². The molecule has 0 N–H and O–H groups in total. The van der Waals surface area contributed by atoms with E-state index in [1.807, 2.05) is 20.8 Å². The van der Waals surface area contributed by atoms with Gasteiger partial charge in [-0.1, -0.05) is 20.8 Å². The van der Waals surface area contributed by atoms with Crippen molar-refractivity contribution in [3.8, 4) is 0 Å². The Labute approximate surface area is 118 Å². The molecule has 1 unspecified atom stereocenters. The molecular formula is C14H21NO5. The van der Waals surface area contributed by atoms with Crippen LogP contribution in [0.5, 0.6) is 0 Å². The zero-order chi connectivity index (χ0) is 15.7. The van der Waals surface area contributed by atoms with Gasteiger partial charge in [-0.25, -0.2) is 0 Å². The fourth-order valence-corrected chi connectivity index (χ4v) is 1.47. The first kappa shape index (κ1) is 17.9. The van der Waals surface area contributed by atoms with E-state index in [9.17, 15) is 14.9 Å². The number of nitro groups is 1. The van der Waals surface area contributed by atoms with Crippen molar-refractivity contribution in [3.63, 3.8) is 0 Å². The fourth-order valence-electron chi connectivity index (χ4n) is 1.47. The van der Waals surface area contributed by atoms with Gasteiger partial charge in [-0.15, -0.1) is 0 Å². The van der Waals surface area contributed by atoms with Crippen LogP contribution in [0.25, 0.3) is 0 Å². The van der Waals surface area contributed by atoms with Crippen molar-refractivity contribution >= 4 is 6.29 Å². The lowest BCUT2D eigenvalue weighted by Gasteiger charge is -2.28. The highest BCUT2D eigenvalue weighted by Gasteiger charge is 2.29. The van der Waals surface area contributed by atoms with Gasteiger partial charge in [-0.2, -0.15) is 0 Å². The van der Waals surface area contributed by atoms with Crippen molar-refractivity contribution in [1.29, 1.82) is 0 Å². The summed E-state index contributed by atoms with van der Waals surface area (Å²) in [4.78, 5) is 21.0. The first-order valence-corrected chi connectivity index (χ1v) is 6.54. The minimum atomic E-state index is -0.719. The molecule has 1 aliphatic rings. The summed E-state index contributed by atoms with van der Waals surface area (Å²) in [6.07, 6.45) is 2.42. The van der Waals surface area contributed by atoms with Crippen LogP contribution in [0.2, 0.25) is 0 Å². The summed E-state index contributed by atoms with van der Waals surface area (Å²) in [6, 6.07) is 0. The zero-order valence-corrected chi connectivity index (χ0v) is 12.3. The SMILES string of the molecule is C=C(/C(C=O)=C1/OC(CC)CO/C1=C/C)[N+](=O)[O-].CC. The van der Waals surface area contributed by atoms with Gasteiger partial charge in [0.05, 0.1) is 4.92 Å². The average molecular weight is 283 g/mol. The van der Waals surface area contributed by atoms with Crippen molar-refractivity contribution in [2.45, 2.75) is 40.2 Å². The molecule has 1 aliphatic heterocycles. The lowest BCUT2D eigenvalue weighted by atomic mass is 10.1. The second-order valence-corrected chi connectivity index (χ2v) is 3.68. The van der Waals surface area contributed by atoms with Crippen LogP contribution in [0.1, 0.15) is 34.1 Å². The number of carbonyl (C=O) groups excluding carboxylic acids is 1. The van der Waals surface area contributed by atoms with Gasteiger partial charge in [-0.3, -0.25) is 14.9 Å². The average Bonchev–Trinajstić information content (AvgIpc) is 2.49. The van der Waals surface area contributed by atoms with Crippen molar-refractivity contribution in [2.75, 3.05) is 6.61 Å². The number of aldehydes is 1. The molecule has 0 radical (unpaired) electrons. The number of allylic oxidation sites excluding steroid dienone is 2. The molecular weight excluding hydrogens is 262 g/mol. The maximum atomic E-state index is 11.0. The number of carbonyl (C=O) groups is 1. The third-order valence-corrected chi connectivity index (χ3v) is 2.54. The van der Waals surface area contributed by atoms with Gasteiger partial charge in [-0.05, 0) is 26.0 Å². The maximum absolute atomic E-state index is 11.0. The summed E-state index contributed by atoms with van der Waals surface area (Å²) in [7, 11) is 0. The zero-order valence-electron chi connectivity index (χ0n) is 12.3. The van der Waals surface area contributed by atoms with Crippen molar-refractivity contribution in [2.24, 2.45) is 0 Å². The summed E-state index contributed by atoms with van der Waals surface area (Å²) in [5.41, 5.74) is -0.689. The monoisotopic (exact) mass is 283 g/mol. The fraction of sp³-hybridized carbons (Fsp3) is 0.500. The Morgan fingerprint density at radius 3 is 2.55 bits per heavy atom. The first-order valence-electron chi connectivity index (χ1n) is 6.54. The molecule has 0 aromatic rings. The summed E-state index contributed by atoms with van der Waals surface area (Å²) >= 11 is 0. The molecule has 6 nitrogen and oxygen atoms in total. The summed E-state index contributed by atoms with van der Waals surface area (Å²) in [5, 5.41) is 10.7. The highest BCUT2D eigenvalue weighted by Crippen LogP contribution is 2.28. The molecule has 1 saturated heterocycles. The van der Waals surface area contributed by atoms with E-state index in [4.69, 9.17) is 9.47 Å². The Bertz CT molecular complexity index is 437. The second kappa shape index (κ2) is 8.90. The summed E-state index contributed by atoms with van der Waals surface area (Å²) in [6.45, 7) is 11.2. The quantitative estimate of drug-likeness (QED) is 0.343. The third kappa shape index (κ3) is 4.22. The predicted molar refractivity (Wildman–Crippen MR) is 75.4 cm³/mol. The van der Waals surface area contributed by atoms with E-state index in [0.29, 0.717) is 25.1 Å². The van der Waals surface area contributed by atoms with E-state index in [0.717, 1.165) is 0 Å². The van der Waals surface area contributed by atoms with Crippen molar-refractivity contribution in [3.05, 3.63) is 45.6 Å². The molecule has 1 fully saturated rings. The van der Waals surface area contributed by atoms with Crippen LogP contribution in [0.3, 0.4) is 0 Å². The Morgan fingerprint density at radius 2 is 2.15 bits per heavy atom. The van der Waals surface area contributed by atoms with Crippen molar-refractivity contribution in [1.82, 2.24) is 0 Å². The van der Waals surface area contributed by atoms with Gasteiger partial charge in [0.25, 0.3) is 5.70 Å². The van der Waals surface area contributed by atoms with E-state index < -0.39 is 10.6 Å². The lowest BCUT2D eigenvalue weighted by Crippen LogP contribution is -2.27. The molecule has 1 atom stereocenters. The molecule has 0 saturated carbocycles. The summed E-state index contributed by atoms with van der Waals surface area (Å²) < 4.78 is 11.0. The number of nitrogens with zero attached hydrogens (tertiary/aromatic N) is 1. The van der Waals surface area contributed by atoms with E-state index in [2.05, 4.69) is 6.58 Å². The molecule has 6 heteroatoms. The normalized spacial score (nSPS) is 21.8. The second-order valence-electron chi connectivity index (χ2n) is 3.68. The van der Waals surface area contributed by atoms with Crippen molar-refractivity contribution < 1.29 is 19.2 Å². The van der Waals surface area contributed by atoms with E-state index in [1.165, 1.54) is 0 Å². The highest BCUT2D eigenvalue weighted by molar-refractivity contribution is 5.80. The van der Waals surface area contributed by atoms with Gasteiger partial charge in [0, 0.05) is 0 Å².